The zero-order valence-electron chi connectivity index (χ0n) is 9.28. The first kappa shape index (κ1) is 12.5. The van der Waals surface area contributed by atoms with Gasteiger partial charge in [-0.3, -0.25) is 0 Å². The van der Waals surface area contributed by atoms with Gasteiger partial charge >= 0.3 is 0 Å². The van der Waals surface area contributed by atoms with Crippen molar-refractivity contribution in [1.29, 1.82) is 0 Å². The highest BCUT2D eigenvalue weighted by Gasteiger charge is 2.13. The van der Waals surface area contributed by atoms with Crippen LogP contribution in [0.25, 0.3) is 0 Å². The predicted molar refractivity (Wildman–Crippen MR) is 72.9 cm³/mol. The Labute approximate surface area is 112 Å². The molecule has 17 heavy (non-hydrogen) atoms. The molecule has 2 aromatic heterocycles. The molecule has 2 nitrogen and oxygen atoms in total. The molecule has 1 N–H and O–H groups in total. The van der Waals surface area contributed by atoms with Gasteiger partial charge in [-0.05, 0) is 39.9 Å². The molecule has 0 saturated carbocycles. The van der Waals surface area contributed by atoms with Crippen LogP contribution in [0.1, 0.15) is 24.3 Å². The first-order valence-electron chi connectivity index (χ1n) is 5.31. The summed E-state index contributed by atoms with van der Waals surface area (Å²) < 4.78 is 14.3. The lowest BCUT2D eigenvalue weighted by molar-refractivity contribution is 0.617. The summed E-state index contributed by atoms with van der Waals surface area (Å²) in [6.45, 7) is 2.06. The fraction of sp³-hybridized carbons (Fsp3) is 0.250. The van der Waals surface area contributed by atoms with E-state index in [0.717, 1.165) is 6.42 Å². The number of rotatable bonds is 4. The molecule has 0 aliphatic heterocycles. The Morgan fingerprint density at radius 2 is 2.41 bits per heavy atom. The maximum atomic E-state index is 13.6. The van der Waals surface area contributed by atoms with Crippen LogP contribution >= 0.6 is 27.3 Å². The van der Waals surface area contributed by atoms with Gasteiger partial charge < -0.3 is 5.32 Å². The van der Waals surface area contributed by atoms with Crippen molar-refractivity contribution >= 4 is 33.1 Å². The van der Waals surface area contributed by atoms with Gasteiger partial charge in [0.15, 0.2) is 11.6 Å². The van der Waals surface area contributed by atoms with Gasteiger partial charge in [0, 0.05) is 15.5 Å². The molecule has 0 aliphatic rings. The second-order valence-electron chi connectivity index (χ2n) is 3.60. The van der Waals surface area contributed by atoms with Crippen molar-refractivity contribution in [3.05, 3.63) is 44.9 Å². The van der Waals surface area contributed by atoms with Gasteiger partial charge in [-0.2, -0.15) is 0 Å². The smallest absolute Gasteiger partial charge is 0.166 e. The molecule has 2 heterocycles. The van der Waals surface area contributed by atoms with E-state index in [0.29, 0.717) is 10.3 Å². The van der Waals surface area contributed by atoms with E-state index < -0.39 is 0 Å². The minimum Gasteiger partial charge on any atom is -0.360 e. The van der Waals surface area contributed by atoms with E-state index in [1.54, 1.807) is 17.5 Å². The highest BCUT2D eigenvalue weighted by molar-refractivity contribution is 9.10. The summed E-state index contributed by atoms with van der Waals surface area (Å²) in [5.74, 6) is -0.0390. The van der Waals surface area contributed by atoms with Crippen LogP contribution in [-0.4, -0.2) is 4.98 Å². The first-order chi connectivity index (χ1) is 8.20. The van der Waals surface area contributed by atoms with Crippen molar-refractivity contribution in [2.75, 3.05) is 5.32 Å². The monoisotopic (exact) mass is 314 g/mol. The SMILES string of the molecule is CCC(Nc1ncc(Br)cc1F)c1cccs1. The zero-order valence-corrected chi connectivity index (χ0v) is 11.7. The molecular weight excluding hydrogens is 303 g/mol. The number of nitrogens with zero attached hydrogens (tertiary/aromatic N) is 1. The number of hydrogen-bond acceptors (Lipinski definition) is 3. The van der Waals surface area contributed by atoms with Gasteiger partial charge in [-0.1, -0.05) is 13.0 Å². The molecule has 1 atom stereocenters. The number of aromatic nitrogens is 1. The van der Waals surface area contributed by atoms with Gasteiger partial charge in [0.25, 0.3) is 0 Å². The normalized spacial score (nSPS) is 12.4. The Kier molecular flexibility index (Phi) is 4.12. The first-order valence-corrected chi connectivity index (χ1v) is 6.99. The minimum atomic E-state index is -0.339. The van der Waals surface area contributed by atoms with E-state index in [4.69, 9.17) is 0 Å². The number of thiophene rings is 1. The summed E-state index contributed by atoms with van der Waals surface area (Å²) in [4.78, 5) is 5.24. The fourth-order valence-corrected chi connectivity index (χ4v) is 2.71. The van der Waals surface area contributed by atoms with Crippen molar-refractivity contribution in [2.24, 2.45) is 0 Å². The molecule has 0 aromatic carbocycles. The molecule has 2 rings (SSSR count). The molecule has 0 spiro atoms. The summed E-state index contributed by atoms with van der Waals surface area (Å²) >= 11 is 4.85. The third-order valence-corrected chi connectivity index (χ3v) is 3.83. The molecule has 2 aromatic rings. The van der Waals surface area contributed by atoms with Crippen molar-refractivity contribution in [1.82, 2.24) is 4.98 Å². The number of hydrogen-bond donors (Lipinski definition) is 1. The molecule has 0 radical (unpaired) electrons. The maximum absolute atomic E-state index is 13.6. The molecule has 0 saturated heterocycles. The van der Waals surface area contributed by atoms with Crippen LogP contribution in [0.2, 0.25) is 0 Å². The van der Waals surface area contributed by atoms with Gasteiger partial charge in [0.05, 0.1) is 6.04 Å². The Balaban J connectivity index is 2.19. The van der Waals surface area contributed by atoms with E-state index in [1.807, 2.05) is 17.5 Å². The van der Waals surface area contributed by atoms with E-state index in [-0.39, 0.29) is 11.9 Å². The lowest BCUT2D eigenvalue weighted by atomic mass is 10.2. The number of halogens is 2. The summed E-state index contributed by atoms with van der Waals surface area (Å²) in [5.41, 5.74) is 0. The van der Waals surface area contributed by atoms with Crippen LogP contribution in [0.3, 0.4) is 0 Å². The van der Waals surface area contributed by atoms with Crippen LogP contribution in [-0.2, 0) is 0 Å². The largest absolute Gasteiger partial charge is 0.360 e. The van der Waals surface area contributed by atoms with Crippen molar-refractivity contribution in [2.45, 2.75) is 19.4 Å². The van der Waals surface area contributed by atoms with Crippen molar-refractivity contribution in [3.63, 3.8) is 0 Å². The molecule has 0 fully saturated rings. The lowest BCUT2D eigenvalue weighted by Gasteiger charge is -2.16. The Hall–Kier alpha value is -0.940. The molecule has 0 amide bonds. The second kappa shape index (κ2) is 5.60. The topological polar surface area (TPSA) is 24.9 Å². The molecule has 5 heteroatoms. The van der Waals surface area contributed by atoms with Crippen molar-refractivity contribution < 1.29 is 4.39 Å². The lowest BCUT2D eigenvalue weighted by Crippen LogP contribution is -2.10. The second-order valence-corrected chi connectivity index (χ2v) is 5.50. The van der Waals surface area contributed by atoms with Crippen LogP contribution in [0.15, 0.2) is 34.2 Å². The standard InChI is InChI=1S/C12H12BrFN2S/c1-2-10(11-4-3-5-17-11)16-12-9(14)6-8(13)7-15-12/h3-7,10H,2H2,1H3,(H,15,16). The number of pyridine rings is 1. The highest BCUT2D eigenvalue weighted by atomic mass is 79.9. The van der Waals surface area contributed by atoms with Gasteiger partial charge in [0.2, 0.25) is 0 Å². The molecule has 0 aliphatic carbocycles. The third kappa shape index (κ3) is 3.04. The fourth-order valence-electron chi connectivity index (χ4n) is 1.55. The van der Waals surface area contributed by atoms with Crippen LogP contribution in [0, 0.1) is 5.82 Å². The van der Waals surface area contributed by atoms with Crippen molar-refractivity contribution in [3.8, 4) is 0 Å². The molecule has 90 valence electrons. The molecular formula is C12H12BrFN2S. The van der Waals surface area contributed by atoms with E-state index in [2.05, 4.69) is 33.2 Å². The quantitative estimate of drug-likeness (QED) is 0.891. The maximum Gasteiger partial charge on any atom is 0.166 e. The van der Waals surface area contributed by atoms with Crippen LogP contribution in [0.5, 0.6) is 0 Å². The highest BCUT2D eigenvalue weighted by Crippen LogP contribution is 2.27. The Bertz CT molecular complexity index is 487. The average molecular weight is 315 g/mol. The van der Waals surface area contributed by atoms with Crippen LogP contribution in [0.4, 0.5) is 10.2 Å². The summed E-state index contributed by atoms with van der Waals surface area (Å²) in [7, 11) is 0. The van der Waals surface area contributed by atoms with Gasteiger partial charge in [-0.15, -0.1) is 11.3 Å². The van der Waals surface area contributed by atoms with Crippen LogP contribution < -0.4 is 5.32 Å². The van der Waals surface area contributed by atoms with Gasteiger partial charge in [-0.25, -0.2) is 9.37 Å². The molecule has 0 bridgehead atoms. The van der Waals surface area contributed by atoms with E-state index in [1.165, 1.54) is 10.9 Å². The Morgan fingerprint density at radius 3 is 3.00 bits per heavy atom. The van der Waals surface area contributed by atoms with Gasteiger partial charge in [0.1, 0.15) is 0 Å². The summed E-state index contributed by atoms with van der Waals surface area (Å²) in [6.07, 6.45) is 2.48. The Morgan fingerprint density at radius 1 is 1.59 bits per heavy atom. The summed E-state index contributed by atoms with van der Waals surface area (Å²) in [5, 5.41) is 5.15. The third-order valence-electron chi connectivity index (χ3n) is 2.41. The van der Waals surface area contributed by atoms with E-state index >= 15 is 0 Å². The van der Waals surface area contributed by atoms with E-state index in [9.17, 15) is 4.39 Å². The molecule has 1 unspecified atom stereocenters. The zero-order chi connectivity index (χ0) is 12.3. The minimum absolute atomic E-state index is 0.109. The number of anilines is 1. The average Bonchev–Trinajstić information content (AvgIpc) is 2.81. The number of nitrogens with one attached hydrogen (secondary N) is 1. The predicted octanol–water partition coefficient (Wildman–Crippen LogP) is 4.61. The summed E-state index contributed by atoms with van der Waals surface area (Å²) in [6, 6.07) is 5.56.